The maximum atomic E-state index is 12.7. The molecule has 0 aromatic heterocycles. The minimum Gasteiger partial charge on any atom is -0.453 e. The first-order valence-electron chi connectivity index (χ1n) is 13.6. The summed E-state index contributed by atoms with van der Waals surface area (Å²) in [6.07, 6.45) is -0.311. The monoisotopic (exact) mass is 350 g/mol. The molecule has 2 atom stereocenters. The molecule has 0 amide bonds. The molecule has 0 heterocycles. The summed E-state index contributed by atoms with van der Waals surface area (Å²) in [5.74, 6) is -1.91. The van der Waals surface area contributed by atoms with Crippen molar-refractivity contribution in [1.29, 1.82) is 0 Å². The molecule has 2 aromatic carbocycles. The molecule has 0 radical (unpaired) electrons. The van der Waals surface area contributed by atoms with Gasteiger partial charge in [-0.1, -0.05) is 74.4 Å². The van der Waals surface area contributed by atoms with Crippen molar-refractivity contribution in [2.24, 2.45) is 5.92 Å². The second kappa shape index (κ2) is 8.82. The van der Waals surface area contributed by atoms with Crippen LogP contribution in [-0.2, 0) is 21.6 Å². The van der Waals surface area contributed by atoms with Crippen LogP contribution in [0.5, 0.6) is 0 Å². The van der Waals surface area contributed by atoms with E-state index in [1.165, 1.54) is 13.8 Å². The van der Waals surface area contributed by atoms with E-state index in [-0.39, 0.29) is 18.4 Å². The molecule has 134 valence electrons. The van der Waals surface area contributed by atoms with Crippen molar-refractivity contribution >= 4 is 5.97 Å². The Kier molecular flexibility index (Phi) is 3.17. The molecule has 3 heteroatoms. The van der Waals surface area contributed by atoms with Gasteiger partial charge in [0.2, 0.25) is 0 Å². The zero-order valence-corrected chi connectivity index (χ0v) is 14.3. The van der Waals surface area contributed by atoms with E-state index in [2.05, 4.69) is 0 Å². The van der Waals surface area contributed by atoms with E-state index in [0.29, 0.717) is 10.5 Å². The summed E-state index contributed by atoms with van der Waals surface area (Å²) in [4.78, 5) is 13.0. The lowest BCUT2D eigenvalue weighted by atomic mass is 9.77. The number of hydrogen-bond acceptors (Lipinski definition) is 3. The first-order chi connectivity index (χ1) is 16.5. The van der Waals surface area contributed by atoms with Crippen molar-refractivity contribution < 1.29 is 24.6 Å². The largest absolute Gasteiger partial charge is 0.453 e. The van der Waals surface area contributed by atoms with Crippen LogP contribution in [0, 0.1) is 5.92 Å². The van der Waals surface area contributed by atoms with Crippen molar-refractivity contribution in [1.82, 2.24) is 4.90 Å². The minimum atomic E-state index is -3.05. The number of hydrogen-bond donors (Lipinski definition) is 0. The van der Waals surface area contributed by atoms with Crippen LogP contribution < -0.4 is 0 Å². The highest BCUT2D eigenvalue weighted by molar-refractivity contribution is 5.69. The molecule has 2 aromatic rings. The molecule has 25 heavy (non-hydrogen) atoms. The van der Waals surface area contributed by atoms with Crippen LogP contribution in [0.15, 0.2) is 60.5 Å². The Labute approximate surface area is 167 Å². The lowest BCUT2D eigenvalue weighted by Crippen LogP contribution is -2.44. The fourth-order valence-electron chi connectivity index (χ4n) is 2.75. The van der Waals surface area contributed by atoms with E-state index in [1.54, 1.807) is 30.3 Å². The highest BCUT2D eigenvalue weighted by atomic mass is 16.6. The Hall–Kier alpha value is -2.13. The first-order valence-corrected chi connectivity index (χ1v) is 8.08. The number of benzene rings is 2. The van der Waals surface area contributed by atoms with Crippen LogP contribution >= 0.6 is 0 Å². The lowest BCUT2D eigenvalue weighted by molar-refractivity contribution is -0.168. The van der Waals surface area contributed by atoms with Gasteiger partial charge in [-0.2, -0.15) is 0 Å². The summed E-state index contributed by atoms with van der Waals surface area (Å²) < 4.78 is 93.9. The number of rotatable bonds is 8. The number of nitrogens with zero attached hydrogens (tertiary/aromatic N) is 1. The number of esters is 1. The van der Waals surface area contributed by atoms with E-state index in [4.69, 9.17) is 19.8 Å². The molecular formula is C22H29NO2. The number of ether oxygens (including phenoxy) is 1. The van der Waals surface area contributed by atoms with Gasteiger partial charge in [0.05, 0.1) is 6.85 Å². The van der Waals surface area contributed by atoms with E-state index in [9.17, 15) is 4.79 Å². The van der Waals surface area contributed by atoms with Gasteiger partial charge in [0.1, 0.15) is 5.60 Å². The smallest absolute Gasteiger partial charge is 0.306 e. The molecule has 0 spiro atoms. The Morgan fingerprint density at radius 2 is 1.92 bits per heavy atom. The molecule has 0 saturated heterocycles. The van der Waals surface area contributed by atoms with Gasteiger partial charge in [-0.25, -0.2) is 0 Å². The van der Waals surface area contributed by atoms with Gasteiger partial charge >= 0.3 is 5.97 Å². The van der Waals surface area contributed by atoms with E-state index >= 15 is 0 Å². The van der Waals surface area contributed by atoms with Crippen LogP contribution in [0.4, 0.5) is 0 Å². The highest BCUT2D eigenvalue weighted by Gasteiger charge is 2.42. The van der Waals surface area contributed by atoms with Gasteiger partial charge in [0.15, 0.2) is 0 Å². The second-order valence-electron chi connectivity index (χ2n) is 5.89. The molecule has 0 bridgehead atoms. The zero-order chi connectivity index (χ0) is 27.6. The third-order valence-corrected chi connectivity index (χ3v) is 4.07. The van der Waals surface area contributed by atoms with Crippen LogP contribution in [0.3, 0.4) is 0 Å². The SMILES string of the molecule is [2H]c1c([2H])c([2H])c(C(Cc2ccccc2)(OC(=O)CC)C(C)CN(C([2H])([2H])[2H])C([2H])([2H])[2H])c([2H])c1[2H]. The van der Waals surface area contributed by atoms with Crippen molar-refractivity contribution in [3.8, 4) is 0 Å². The van der Waals surface area contributed by atoms with Crippen LogP contribution in [0.25, 0.3) is 0 Å². The van der Waals surface area contributed by atoms with Crippen molar-refractivity contribution in [2.75, 3.05) is 20.5 Å². The van der Waals surface area contributed by atoms with Crippen molar-refractivity contribution in [2.45, 2.75) is 32.3 Å². The van der Waals surface area contributed by atoms with Gasteiger partial charge in [-0.3, -0.25) is 4.79 Å². The summed E-state index contributed by atoms with van der Waals surface area (Å²) in [5, 5.41) is 0. The summed E-state index contributed by atoms with van der Waals surface area (Å²) >= 11 is 0. The van der Waals surface area contributed by atoms with Gasteiger partial charge in [0.25, 0.3) is 0 Å². The Morgan fingerprint density at radius 1 is 1.24 bits per heavy atom. The summed E-state index contributed by atoms with van der Waals surface area (Å²) in [5.41, 5.74) is -1.77. The zero-order valence-electron chi connectivity index (χ0n) is 25.3. The molecule has 0 aliphatic rings. The number of carbonyl (C=O) groups excluding carboxylic acids is 1. The molecule has 0 aliphatic carbocycles. The number of carbonyl (C=O) groups is 1. The Bertz CT molecular complexity index is 1040. The predicted octanol–water partition coefficient (Wildman–Crippen LogP) is 4.28. The maximum Gasteiger partial charge on any atom is 0.306 e. The topological polar surface area (TPSA) is 29.5 Å². The van der Waals surface area contributed by atoms with Gasteiger partial charge in [0, 0.05) is 33.5 Å². The normalized spacial score (nSPS) is 22.1. The van der Waals surface area contributed by atoms with E-state index in [0.717, 1.165) is 0 Å². The fourth-order valence-corrected chi connectivity index (χ4v) is 2.75. The maximum absolute atomic E-state index is 12.7. The molecule has 0 aliphatic heterocycles. The molecule has 0 N–H and O–H groups in total. The van der Waals surface area contributed by atoms with Gasteiger partial charge < -0.3 is 9.64 Å². The molecule has 2 rings (SSSR count). The average molecular weight is 351 g/mol. The van der Waals surface area contributed by atoms with Crippen molar-refractivity contribution in [3.05, 3.63) is 71.7 Å². The quantitative estimate of drug-likeness (QED) is 0.666. The standard InChI is InChI=1S/C22H29NO2/c1-5-21(24)25-22(18(2)17-23(3)4,20-14-10-7-11-15-20)16-19-12-8-6-9-13-19/h6-15,18H,5,16-17H2,1-4H3/i3D3,4D3,7D,10D,11D,14D,15D. The highest BCUT2D eigenvalue weighted by Crippen LogP contribution is 2.38. The minimum absolute atomic E-state index is 0.121. The van der Waals surface area contributed by atoms with Crippen LogP contribution in [-0.4, -0.2) is 31.4 Å². The lowest BCUT2D eigenvalue weighted by Gasteiger charge is -2.40. The summed E-state index contributed by atoms with van der Waals surface area (Å²) in [6, 6.07) is 5.29. The van der Waals surface area contributed by atoms with Gasteiger partial charge in [-0.05, 0) is 25.1 Å². The van der Waals surface area contributed by atoms with Crippen LogP contribution in [0.2, 0.25) is 0 Å². The predicted molar refractivity (Wildman–Crippen MR) is 102 cm³/mol. The third-order valence-electron chi connectivity index (χ3n) is 4.07. The summed E-state index contributed by atoms with van der Waals surface area (Å²) in [6.45, 7) is -3.80. The third kappa shape index (κ3) is 4.93. The van der Waals surface area contributed by atoms with Crippen molar-refractivity contribution in [3.63, 3.8) is 0 Å². The Morgan fingerprint density at radius 3 is 2.52 bits per heavy atom. The van der Waals surface area contributed by atoms with Gasteiger partial charge in [-0.15, -0.1) is 0 Å². The molecule has 2 unspecified atom stereocenters. The molecule has 0 fully saturated rings. The molecular weight excluding hydrogens is 310 g/mol. The molecule has 0 saturated carbocycles. The summed E-state index contributed by atoms with van der Waals surface area (Å²) in [7, 11) is 0. The van der Waals surface area contributed by atoms with Crippen LogP contribution in [0.1, 0.15) is 46.5 Å². The average Bonchev–Trinajstić information content (AvgIpc) is 2.78. The Balaban J connectivity index is 2.92. The van der Waals surface area contributed by atoms with E-state index in [1.807, 2.05) is 0 Å². The fraction of sp³-hybridized carbons (Fsp3) is 0.409. The first kappa shape index (κ1) is 9.00. The molecule has 3 nitrogen and oxygen atoms in total. The van der Waals surface area contributed by atoms with E-state index < -0.39 is 68.2 Å². The second-order valence-corrected chi connectivity index (χ2v) is 5.89.